The van der Waals surface area contributed by atoms with Gasteiger partial charge >= 0.3 is 0 Å². The molecule has 218 valence electrons. The maximum Gasteiger partial charge on any atom is 0.244 e. The van der Waals surface area contributed by atoms with Crippen LogP contribution in [0.15, 0.2) is 83.3 Å². The van der Waals surface area contributed by atoms with Crippen LogP contribution in [0.1, 0.15) is 43.2 Å². The molecule has 2 amide bonds. The molecule has 1 atom stereocenters. The number of nitrogens with one attached hydrogen (secondary N) is 1. The number of anilines is 1. The van der Waals surface area contributed by atoms with Crippen molar-refractivity contribution in [2.24, 2.45) is 0 Å². The van der Waals surface area contributed by atoms with Crippen LogP contribution in [0, 0.1) is 0 Å². The Morgan fingerprint density at radius 1 is 0.951 bits per heavy atom. The van der Waals surface area contributed by atoms with Gasteiger partial charge in [0.2, 0.25) is 21.8 Å². The SMILES string of the molecule is CS(=O)(=O)N(CC(=O)N(Cc1ccccc1Cl)[C@H](Cc1ccccc1)C(=O)NC1CCCCC1)c1ccccc1Br. The van der Waals surface area contributed by atoms with Gasteiger partial charge < -0.3 is 10.2 Å². The van der Waals surface area contributed by atoms with Gasteiger partial charge in [-0.2, -0.15) is 0 Å². The van der Waals surface area contributed by atoms with E-state index in [4.69, 9.17) is 11.6 Å². The van der Waals surface area contributed by atoms with Crippen LogP contribution in [0.4, 0.5) is 5.69 Å². The van der Waals surface area contributed by atoms with Crippen LogP contribution >= 0.6 is 27.5 Å². The first kappa shape index (κ1) is 31.1. The van der Waals surface area contributed by atoms with Crippen molar-refractivity contribution in [1.82, 2.24) is 10.2 Å². The van der Waals surface area contributed by atoms with E-state index in [1.165, 1.54) is 4.90 Å². The summed E-state index contributed by atoms with van der Waals surface area (Å²) < 4.78 is 27.5. The molecule has 0 spiro atoms. The van der Waals surface area contributed by atoms with E-state index >= 15 is 0 Å². The minimum atomic E-state index is -3.85. The highest BCUT2D eigenvalue weighted by Crippen LogP contribution is 2.29. The van der Waals surface area contributed by atoms with E-state index in [0.717, 1.165) is 48.2 Å². The third kappa shape index (κ3) is 8.56. The van der Waals surface area contributed by atoms with Gasteiger partial charge in [0.25, 0.3) is 0 Å². The van der Waals surface area contributed by atoms with Crippen LogP contribution in [-0.2, 0) is 32.6 Å². The van der Waals surface area contributed by atoms with Crippen molar-refractivity contribution in [1.29, 1.82) is 0 Å². The second-order valence-corrected chi connectivity index (χ2v) is 13.6. The molecule has 10 heteroatoms. The minimum Gasteiger partial charge on any atom is -0.352 e. The van der Waals surface area contributed by atoms with E-state index in [0.29, 0.717) is 20.7 Å². The van der Waals surface area contributed by atoms with Gasteiger partial charge in [-0.05, 0) is 58.1 Å². The zero-order chi connectivity index (χ0) is 29.4. The number of rotatable bonds is 11. The lowest BCUT2D eigenvalue weighted by Gasteiger charge is -2.35. The number of carbonyl (C=O) groups is 2. The molecule has 1 N–H and O–H groups in total. The van der Waals surface area contributed by atoms with E-state index in [1.807, 2.05) is 42.5 Å². The second kappa shape index (κ2) is 14.3. The van der Waals surface area contributed by atoms with Gasteiger partial charge in [0, 0.05) is 28.5 Å². The maximum absolute atomic E-state index is 14.2. The third-order valence-electron chi connectivity index (χ3n) is 7.32. The van der Waals surface area contributed by atoms with Crippen molar-refractivity contribution in [2.75, 3.05) is 17.1 Å². The average molecular weight is 661 g/mol. The summed E-state index contributed by atoms with van der Waals surface area (Å²) in [5.74, 6) is -0.765. The first-order valence-corrected chi connectivity index (χ1v) is 16.7. The zero-order valence-electron chi connectivity index (χ0n) is 23.0. The first-order valence-electron chi connectivity index (χ1n) is 13.7. The van der Waals surface area contributed by atoms with Crippen LogP contribution in [0.25, 0.3) is 0 Å². The number of para-hydroxylation sites is 1. The van der Waals surface area contributed by atoms with E-state index in [2.05, 4.69) is 21.2 Å². The van der Waals surface area contributed by atoms with Gasteiger partial charge in [0.1, 0.15) is 12.6 Å². The summed E-state index contributed by atoms with van der Waals surface area (Å²) in [6.07, 6.45) is 6.36. The molecule has 0 heterocycles. The Balaban J connectivity index is 1.74. The standard InChI is InChI=1S/C31H35BrClN3O4S/c1-41(39,40)36(28-19-11-9-17-26(28)32)22-30(37)35(21-24-14-8-10-18-27(24)33)29(20-23-12-4-2-5-13-23)31(38)34-25-15-6-3-7-16-25/h2,4-5,8-14,17-19,25,29H,3,6-7,15-16,20-22H2,1H3,(H,34,38)/t29-/m1/s1. The summed E-state index contributed by atoms with van der Waals surface area (Å²) in [4.78, 5) is 29.7. The van der Waals surface area contributed by atoms with Crippen molar-refractivity contribution >= 4 is 55.1 Å². The number of hydrogen-bond acceptors (Lipinski definition) is 4. The fraction of sp³-hybridized carbons (Fsp3) is 0.355. The summed E-state index contributed by atoms with van der Waals surface area (Å²) in [7, 11) is -3.85. The predicted octanol–water partition coefficient (Wildman–Crippen LogP) is 5.96. The average Bonchev–Trinajstić information content (AvgIpc) is 2.95. The molecule has 0 unspecified atom stereocenters. The van der Waals surface area contributed by atoms with E-state index in [9.17, 15) is 18.0 Å². The maximum atomic E-state index is 14.2. The highest BCUT2D eigenvalue weighted by molar-refractivity contribution is 9.10. The molecule has 0 aliphatic heterocycles. The molecule has 0 radical (unpaired) electrons. The molecule has 0 saturated heterocycles. The summed E-state index contributed by atoms with van der Waals surface area (Å²) in [5, 5.41) is 3.65. The van der Waals surface area contributed by atoms with Crippen molar-refractivity contribution in [3.63, 3.8) is 0 Å². The fourth-order valence-corrected chi connectivity index (χ4v) is 6.83. The Morgan fingerprint density at radius 3 is 2.24 bits per heavy atom. The van der Waals surface area contributed by atoms with Crippen LogP contribution < -0.4 is 9.62 Å². The molecular weight excluding hydrogens is 626 g/mol. The normalized spacial score (nSPS) is 14.7. The Morgan fingerprint density at radius 2 is 1.59 bits per heavy atom. The number of amides is 2. The molecule has 0 bridgehead atoms. The van der Waals surface area contributed by atoms with Gasteiger partial charge in [-0.15, -0.1) is 0 Å². The topological polar surface area (TPSA) is 86.8 Å². The number of sulfonamides is 1. The Bertz CT molecular complexity index is 1450. The molecule has 1 aliphatic rings. The molecule has 41 heavy (non-hydrogen) atoms. The lowest BCUT2D eigenvalue weighted by molar-refractivity contribution is -0.140. The smallest absolute Gasteiger partial charge is 0.244 e. The molecule has 0 aromatic heterocycles. The summed E-state index contributed by atoms with van der Waals surface area (Å²) in [6, 6.07) is 22.7. The largest absolute Gasteiger partial charge is 0.352 e. The van der Waals surface area contributed by atoms with E-state index in [-0.39, 0.29) is 24.9 Å². The summed E-state index contributed by atoms with van der Waals surface area (Å²) >= 11 is 9.94. The number of nitrogens with zero attached hydrogens (tertiary/aromatic N) is 2. The summed E-state index contributed by atoms with van der Waals surface area (Å²) in [5.41, 5.74) is 1.89. The zero-order valence-corrected chi connectivity index (χ0v) is 26.2. The Labute approximate surface area is 256 Å². The van der Waals surface area contributed by atoms with Gasteiger partial charge in [0.05, 0.1) is 11.9 Å². The molecule has 3 aromatic carbocycles. The third-order valence-corrected chi connectivity index (χ3v) is 9.49. The minimum absolute atomic E-state index is 0.0413. The number of carbonyl (C=O) groups excluding carboxylic acids is 2. The number of hydrogen-bond donors (Lipinski definition) is 1. The number of halogens is 2. The van der Waals surface area contributed by atoms with Crippen LogP contribution in [0.5, 0.6) is 0 Å². The van der Waals surface area contributed by atoms with Crippen molar-refractivity contribution < 1.29 is 18.0 Å². The molecule has 3 aromatic rings. The quantitative estimate of drug-likeness (QED) is 0.275. The number of benzene rings is 3. The van der Waals surface area contributed by atoms with Crippen LogP contribution in [0.3, 0.4) is 0 Å². The lowest BCUT2D eigenvalue weighted by atomic mass is 9.94. The van der Waals surface area contributed by atoms with Crippen LogP contribution in [-0.4, -0.2) is 50.0 Å². The van der Waals surface area contributed by atoms with Crippen molar-refractivity contribution in [3.8, 4) is 0 Å². The highest BCUT2D eigenvalue weighted by Gasteiger charge is 2.34. The lowest BCUT2D eigenvalue weighted by Crippen LogP contribution is -2.55. The van der Waals surface area contributed by atoms with Gasteiger partial charge in [-0.3, -0.25) is 13.9 Å². The molecule has 1 aliphatic carbocycles. The molecule has 4 rings (SSSR count). The van der Waals surface area contributed by atoms with Crippen LogP contribution in [0.2, 0.25) is 5.02 Å². The molecule has 1 fully saturated rings. The van der Waals surface area contributed by atoms with E-state index < -0.39 is 28.5 Å². The summed E-state index contributed by atoms with van der Waals surface area (Å²) in [6.45, 7) is -0.435. The molecular formula is C31H35BrClN3O4S. The van der Waals surface area contributed by atoms with Gasteiger partial charge in [-0.1, -0.05) is 91.5 Å². The fourth-order valence-electron chi connectivity index (χ4n) is 5.16. The monoisotopic (exact) mass is 659 g/mol. The molecule has 1 saturated carbocycles. The Kier molecular flexibility index (Phi) is 10.9. The van der Waals surface area contributed by atoms with Gasteiger partial charge in [0.15, 0.2) is 0 Å². The highest BCUT2D eigenvalue weighted by atomic mass is 79.9. The molecule has 7 nitrogen and oxygen atoms in total. The first-order chi connectivity index (χ1) is 19.6. The van der Waals surface area contributed by atoms with Gasteiger partial charge in [-0.25, -0.2) is 8.42 Å². The van der Waals surface area contributed by atoms with Crippen molar-refractivity contribution in [3.05, 3.63) is 99.5 Å². The Hall–Kier alpha value is -2.88. The van der Waals surface area contributed by atoms with E-state index in [1.54, 1.807) is 36.4 Å². The predicted molar refractivity (Wildman–Crippen MR) is 167 cm³/mol. The van der Waals surface area contributed by atoms with Crippen molar-refractivity contribution in [2.45, 2.75) is 57.2 Å². The second-order valence-electron chi connectivity index (χ2n) is 10.4.